The zero-order valence-electron chi connectivity index (χ0n) is 10.2. The van der Waals surface area contributed by atoms with Gasteiger partial charge in [-0.25, -0.2) is 0 Å². The second-order valence-corrected chi connectivity index (χ2v) is 4.74. The van der Waals surface area contributed by atoms with Gasteiger partial charge in [0, 0.05) is 0 Å². The van der Waals surface area contributed by atoms with E-state index in [1.807, 2.05) is 6.92 Å². The van der Waals surface area contributed by atoms with E-state index in [4.69, 9.17) is 5.11 Å². The molecule has 0 bridgehead atoms. The lowest BCUT2D eigenvalue weighted by Gasteiger charge is -2.10. The Balaban J connectivity index is 3.37. The average molecular weight is 198 g/mol. The SMILES string of the molecule is CC(C)=CCCC(C)CCCC(C)O. The van der Waals surface area contributed by atoms with Crippen molar-refractivity contribution in [2.24, 2.45) is 5.92 Å². The molecule has 1 nitrogen and oxygen atoms in total. The number of rotatable bonds is 7. The molecule has 0 spiro atoms. The Bertz CT molecular complexity index is 155. The molecule has 0 aliphatic rings. The summed E-state index contributed by atoms with van der Waals surface area (Å²) in [6, 6.07) is 0. The molecule has 84 valence electrons. The average Bonchev–Trinajstić information content (AvgIpc) is 2.02. The van der Waals surface area contributed by atoms with Crippen molar-refractivity contribution in [3.05, 3.63) is 11.6 Å². The van der Waals surface area contributed by atoms with Crippen molar-refractivity contribution in [2.75, 3.05) is 0 Å². The van der Waals surface area contributed by atoms with Gasteiger partial charge in [-0.05, 0) is 46.0 Å². The van der Waals surface area contributed by atoms with Crippen LogP contribution in [0.3, 0.4) is 0 Å². The van der Waals surface area contributed by atoms with E-state index in [1.165, 1.54) is 24.8 Å². The lowest BCUT2D eigenvalue weighted by molar-refractivity contribution is 0.178. The van der Waals surface area contributed by atoms with Gasteiger partial charge in [0.1, 0.15) is 0 Å². The minimum absolute atomic E-state index is 0.125. The predicted molar refractivity (Wildman–Crippen MR) is 63.4 cm³/mol. The Morgan fingerprint density at radius 1 is 1.14 bits per heavy atom. The van der Waals surface area contributed by atoms with Gasteiger partial charge >= 0.3 is 0 Å². The molecule has 14 heavy (non-hydrogen) atoms. The first-order valence-electron chi connectivity index (χ1n) is 5.83. The Labute approximate surface area is 89.2 Å². The molecule has 2 atom stereocenters. The largest absolute Gasteiger partial charge is 0.393 e. The molecule has 0 radical (unpaired) electrons. The zero-order valence-corrected chi connectivity index (χ0v) is 10.2. The second-order valence-electron chi connectivity index (χ2n) is 4.74. The first-order valence-corrected chi connectivity index (χ1v) is 5.83. The summed E-state index contributed by atoms with van der Waals surface area (Å²) in [5.41, 5.74) is 1.42. The minimum atomic E-state index is -0.125. The second kappa shape index (κ2) is 8.05. The third kappa shape index (κ3) is 9.79. The maximum atomic E-state index is 9.10. The van der Waals surface area contributed by atoms with Gasteiger partial charge in [-0.3, -0.25) is 0 Å². The maximum absolute atomic E-state index is 9.10. The van der Waals surface area contributed by atoms with Gasteiger partial charge in [-0.15, -0.1) is 0 Å². The van der Waals surface area contributed by atoms with Gasteiger partial charge < -0.3 is 5.11 Å². The van der Waals surface area contributed by atoms with Crippen LogP contribution in [0.2, 0.25) is 0 Å². The normalized spacial score (nSPS) is 14.9. The molecule has 1 heteroatoms. The van der Waals surface area contributed by atoms with Crippen LogP contribution in [-0.4, -0.2) is 11.2 Å². The highest BCUT2D eigenvalue weighted by molar-refractivity contribution is 4.92. The fourth-order valence-corrected chi connectivity index (χ4v) is 1.56. The summed E-state index contributed by atoms with van der Waals surface area (Å²) in [5.74, 6) is 0.796. The van der Waals surface area contributed by atoms with E-state index >= 15 is 0 Å². The smallest absolute Gasteiger partial charge is 0.0512 e. The molecular formula is C13H26O. The number of hydrogen-bond donors (Lipinski definition) is 1. The summed E-state index contributed by atoms with van der Waals surface area (Å²) in [4.78, 5) is 0. The third-order valence-electron chi connectivity index (χ3n) is 2.53. The Kier molecular flexibility index (Phi) is 7.87. The fraction of sp³-hybridized carbons (Fsp3) is 0.846. The van der Waals surface area contributed by atoms with Crippen LogP contribution in [0.5, 0.6) is 0 Å². The highest BCUT2D eigenvalue weighted by Crippen LogP contribution is 2.15. The van der Waals surface area contributed by atoms with Crippen molar-refractivity contribution in [3.8, 4) is 0 Å². The summed E-state index contributed by atoms with van der Waals surface area (Å²) in [5, 5.41) is 9.10. The number of allylic oxidation sites excluding steroid dienone is 2. The van der Waals surface area contributed by atoms with Gasteiger partial charge in [0.25, 0.3) is 0 Å². The van der Waals surface area contributed by atoms with Gasteiger partial charge in [0.2, 0.25) is 0 Å². The lowest BCUT2D eigenvalue weighted by atomic mass is 9.97. The topological polar surface area (TPSA) is 20.2 Å². The van der Waals surface area contributed by atoms with Gasteiger partial charge in [-0.2, -0.15) is 0 Å². The molecule has 0 aromatic rings. The van der Waals surface area contributed by atoms with Crippen molar-refractivity contribution >= 4 is 0 Å². The molecule has 0 aromatic heterocycles. The summed E-state index contributed by atoms with van der Waals surface area (Å²) in [6.07, 6.45) is 8.04. The number of aliphatic hydroxyl groups is 1. The van der Waals surface area contributed by atoms with Crippen LogP contribution in [0.4, 0.5) is 0 Å². The Morgan fingerprint density at radius 2 is 1.79 bits per heavy atom. The molecule has 2 unspecified atom stereocenters. The molecule has 0 aromatic carbocycles. The van der Waals surface area contributed by atoms with Crippen molar-refractivity contribution in [3.63, 3.8) is 0 Å². The quantitative estimate of drug-likeness (QED) is 0.615. The first kappa shape index (κ1) is 13.7. The van der Waals surface area contributed by atoms with E-state index in [-0.39, 0.29) is 6.10 Å². The lowest BCUT2D eigenvalue weighted by Crippen LogP contribution is -2.01. The zero-order chi connectivity index (χ0) is 11.0. The van der Waals surface area contributed by atoms with Crippen molar-refractivity contribution in [1.82, 2.24) is 0 Å². The fourth-order valence-electron chi connectivity index (χ4n) is 1.56. The van der Waals surface area contributed by atoms with E-state index < -0.39 is 0 Å². The highest BCUT2D eigenvalue weighted by atomic mass is 16.3. The molecule has 0 saturated heterocycles. The van der Waals surface area contributed by atoms with Crippen molar-refractivity contribution in [1.29, 1.82) is 0 Å². The van der Waals surface area contributed by atoms with E-state index in [2.05, 4.69) is 26.8 Å². The number of aliphatic hydroxyl groups excluding tert-OH is 1. The number of hydrogen-bond acceptors (Lipinski definition) is 1. The van der Waals surface area contributed by atoms with Crippen LogP contribution in [0.25, 0.3) is 0 Å². The Morgan fingerprint density at radius 3 is 2.29 bits per heavy atom. The standard InChI is InChI=1S/C13H26O/c1-11(2)7-5-8-12(3)9-6-10-13(4)14/h7,12-14H,5-6,8-10H2,1-4H3. The molecule has 0 heterocycles. The monoisotopic (exact) mass is 198 g/mol. The highest BCUT2D eigenvalue weighted by Gasteiger charge is 2.02. The van der Waals surface area contributed by atoms with Gasteiger partial charge in [-0.1, -0.05) is 31.4 Å². The Hall–Kier alpha value is -0.300. The van der Waals surface area contributed by atoms with Crippen LogP contribution in [0.1, 0.15) is 59.8 Å². The van der Waals surface area contributed by atoms with Crippen LogP contribution < -0.4 is 0 Å². The van der Waals surface area contributed by atoms with Crippen LogP contribution in [-0.2, 0) is 0 Å². The van der Waals surface area contributed by atoms with E-state index in [9.17, 15) is 0 Å². The van der Waals surface area contributed by atoms with E-state index in [0.29, 0.717) is 0 Å². The minimum Gasteiger partial charge on any atom is -0.393 e. The predicted octanol–water partition coefficient (Wildman–Crippen LogP) is 3.92. The molecule has 0 aliphatic carbocycles. The van der Waals surface area contributed by atoms with Crippen LogP contribution >= 0.6 is 0 Å². The van der Waals surface area contributed by atoms with Crippen molar-refractivity contribution < 1.29 is 5.11 Å². The van der Waals surface area contributed by atoms with Crippen molar-refractivity contribution in [2.45, 2.75) is 65.9 Å². The van der Waals surface area contributed by atoms with E-state index in [0.717, 1.165) is 18.8 Å². The summed E-state index contributed by atoms with van der Waals surface area (Å²) in [7, 11) is 0. The molecule has 0 saturated carbocycles. The van der Waals surface area contributed by atoms with Crippen LogP contribution in [0, 0.1) is 5.92 Å². The van der Waals surface area contributed by atoms with Gasteiger partial charge in [0.05, 0.1) is 6.10 Å². The van der Waals surface area contributed by atoms with Gasteiger partial charge in [0.15, 0.2) is 0 Å². The summed E-state index contributed by atoms with van der Waals surface area (Å²) in [6.45, 7) is 8.48. The summed E-state index contributed by atoms with van der Waals surface area (Å²) < 4.78 is 0. The molecular weight excluding hydrogens is 172 g/mol. The molecule has 1 N–H and O–H groups in total. The molecule has 0 aliphatic heterocycles. The van der Waals surface area contributed by atoms with E-state index in [1.54, 1.807) is 0 Å². The molecule has 0 rings (SSSR count). The first-order chi connectivity index (χ1) is 6.52. The third-order valence-corrected chi connectivity index (χ3v) is 2.53. The molecule has 0 fully saturated rings. The summed E-state index contributed by atoms with van der Waals surface area (Å²) >= 11 is 0. The van der Waals surface area contributed by atoms with Crippen LogP contribution in [0.15, 0.2) is 11.6 Å². The molecule has 0 amide bonds. The maximum Gasteiger partial charge on any atom is 0.0512 e.